The van der Waals surface area contributed by atoms with E-state index in [1.54, 1.807) is 4.90 Å². The van der Waals surface area contributed by atoms with Gasteiger partial charge >= 0.3 is 18.3 Å². The van der Waals surface area contributed by atoms with Crippen LogP contribution >= 0.6 is 0 Å². The van der Waals surface area contributed by atoms with Crippen molar-refractivity contribution in [3.63, 3.8) is 0 Å². The Labute approximate surface area is 213 Å². The maximum Gasteiger partial charge on any atom is 0.493 e. The Kier molecular flexibility index (Phi) is 7.49. The smallest absolute Gasteiger partial charge is 0.383 e. The number of carbonyl (C=O) groups is 1. The number of hydrogen-bond acceptors (Lipinski definition) is 9. The van der Waals surface area contributed by atoms with Gasteiger partial charge in [-0.2, -0.15) is 31.4 Å². The van der Waals surface area contributed by atoms with Gasteiger partial charge in [-0.25, -0.2) is 9.78 Å². The summed E-state index contributed by atoms with van der Waals surface area (Å²) in [5, 5.41) is 0.400. The minimum Gasteiger partial charge on any atom is -0.383 e. The Balaban J connectivity index is 1.90. The number of methoxy groups -OCH3 is 1. The number of ether oxygens (including phenoxy) is 1. The molecule has 4 N–H and O–H groups in total. The maximum absolute atomic E-state index is 14.2. The highest BCUT2D eigenvalue weighted by Crippen LogP contribution is 2.45. The van der Waals surface area contributed by atoms with Gasteiger partial charge in [0, 0.05) is 30.5 Å². The van der Waals surface area contributed by atoms with E-state index in [1.165, 1.54) is 43.3 Å². The van der Waals surface area contributed by atoms with Crippen LogP contribution in [0.25, 0.3) is 11.3 Å². The third-order valence-electron chi connectivity index (χ3n) is 6.59. The first-order chi connectivity index (χ1) is 17.8. The molecule has 2 aromatic rings. The van der Waals surface area contributed by atoms with Crippen LogP contribution in [0.3, 0.4) is 0 Å². The Morgan fingerprint density at radius 2 is 1.84 bits per heavy atom. The molecule has 0 spiro atoms. The monoisotopic (exact) mass is 548 g/mol. The normalized spacial score (nSPS) is 22.5. The summed E-state index contributed by atoms with van der Waals surface area (Å²) in [6, 6.07) is 6.12. The molecule has 1 aromatic carbocycles. The summed E-state index contributed by atoms with van der Waals surface area (Å²) in [4.78, 5) is 23.4. The quantitative estimate of drug-likeness (QED) is 0.544. The third-order valence-corrected chi connectivity index (χ3v) is 6.59. The number of hydroxylamine groups is 1. The molecule has 9 nitrogen and oxygen atoms in total. The highest BCUT2D eigenvalue weighted by atomic mass is 19.4. The highest BCUT2D eigenvalue weighted by Gasteiger charge is 2.46. The average Bonchev–Trinajstić information content (AvgIpc) is 3.31. The second-order valence-electron chi connectivity index (χ2n) is 8.98. The van der Waals surface area contributed by atoms with Gasteiger partial charge in [0.05, 0.1) is 30.1 Å². The first-order valence-corrected chi connectivity index (χ1v) is 11.5. The number of rotatable bonds is 5. The van der Waals surface area contributed by atoms with E-state index in [2.05, 4.69) is 9.82 Å². The van der Waals surface area contributed by atoms with Gasteiger partial charge in [0.25, 0.3) is 0 Å². The predicted molar refractivity (Wildman–Crippen MR) is 124 cm³/mol. The zero-order chi connectivity index (χ0) is 28.0. The summed E-state index contributed by atoms with van der Waals surface area (Å²) in [5.74, 6) is -2.98. The topological polar surface area (TPSA) is 110 Å². The molecule has 15 heteroatoms. The Bertz CT molecular complexity index is 1190. The number of nitrogens with zero attached hydrogens (tertiary/aromatic N) is 4. The fraction of sp³-hybridized carbons (Fsp3) is 0.478. The summed E-state index contributed by atoms with van der Waals surface area (Å²) in [7, 11) is 2.87. The number of benzene rings is 1. The molecule has 0 bridgehead atoms. The van der Waals surface area contributed by atoms with Crippen molar-refractivity contribution in [3.8, 4) is 11.3 Å². The molecule has 4 rings (SSSR count). The van der Waals surface area contributed by atoms with Crippen LogP contribution in [0, 0.1) is 0 Å². The van der Waals surface area contributed by atoms with Crippen LogP contribution in [0.5, 0.6) is 0 Å². The molecule has 2 aliphatic rings. The molecule has 0 amide bonds. The zero-order valence-electron chi connectivity index (χ0n) is 20.4. The van der Waals surface area contributed by atoms with Crippen LogP contribution in [0.4, 0.5) is 37.8 Å². The average molecular weight is 548 g/mol. The molecule has 1 aromatic heterocycles. The minimum absolute atomic E-state index is 0.0948. The molecule has 3 atom stereocenters. The SMILES string of the molecule is COCC1CCCN1c1cccc(C(F)(F)F)c1-c1ccc2c(n1)N(OC(=O)C(F)(F)F)C(N)N(C)C2N. The number of alkyl halides is 6. The summed E-state index contributed by atoms with van der Waals surface area (Å²) in [6.07, 6.45) is -11.2. The Hall–Kier alpha value is -3.14. The van der Waals surface area contributed by atoms with Gasteiger partial charge in [0.15, 0.2) is 12.1 Å². The second-order valence-corrected chi connectivity index (χ2v) is 8.98. The number of nitrogens with two attached hydrogens (primary N) is 2. The molecule has 2 aliphatic heterocycles. The van der Waals surface area contributed by atoms with Crippen molar-refractivity contribution in [2.24, 2.45) is 11.5 Å². The molecule has 1 saturated heterocycles. The molecule has 0 radical (unpaired) electrons. The van der Waals surface area contributed by atoms with Gasteiger partial charge in [-0.3, -0.25) is 10.6 Å². The van der Waals surface area contributed by atoms with E-state index in [4.69, 9.17) is 16.2 Å². The Morgan fingerprint density at radius 3 is 2.47 bits per heavy atom. The van der Waals surface area contributed by atoms with E-state index in [-0.39, 0.29) is 35.2 Å². The molecule has 3 unspecified atom stereocenters. The van der Waals surface area contributed by atoms with Crippen LogP contribution in [-0.4, -0.2) is 61.7 Å². The van der Waals surface area contributed by atoms with Gasteiger partial charge in [-0.05, 0) is 38.1 Å². The predicted octanol–water partition coefficient (Wildman–Crippen LogP) is 3.35. The molecule has 38 heavy (non-hydrogen) atoms. The number of fused-ring (bicyclic) bond motifs is 1. The van der Waals surface area contributed by atoms with E-state index in [1.807, 2.05) is 0 Å². The van der Waals surface area contributed by atoms with Gasteiger partial charge < -0.3 is 20.2 Å². The number of carbonyl (C=O) groups excluding carboxylic acids is 1. The number of aromatic nitrogens is 1. The fourth-order valence-corrected chi connectivity index (χ4v) is 4.72. The van der Waals surface area contributed by atoms with Crippen LogP contribution in [0.15, 0.2) is 30.3 Å². The van der Waals surface area contributed by atoms with Gasteiger partial charge in [0.2, 0.25) is 0 Å². The van der Waals surface area contributed by atoms with Crippen LogP contribution in [0.2, 0.25) is 0 Å². The molecular weight excluding hydrogens is 522 g/mol. The van der Waals surface area contributed by atoms with Crippen molar-refractivity contribution in [1.29, 1.82) is 0 Å². The van der Waals surface area contributed by atoms with Crippen LogP contribution in [0.1, 0.15) is 30.1 Å². The molecule has 3 heterocycles. The van der Waals surface area contributed by atoms with Crippen LogP contribution < -0.4 is 21.4 Å². The van der Waals surface area contributed by atoms with E-state index in [0.29, 0.717) is 18.0 Å². The summed E-state index contributed by atoms with van der Waals surface area (Å²) in [6.45, 7) is 0.744. The van der Waals surface area contributed by atoms with Gasteiger partial charge in [0.1, 0.15) is 0 Å². The highest BCUT2D eigenvalue weighted by molar-refractivity contribution is 5.82. The standard InChI is InChI=1S/C23H26F6N6O3/c1-33-18(30)13-8-9-15(32-19(13)35(21(33)31)38-20(36)23(27,28)29)17-14(22(24,25)26)6-3-7-16(17)34-10-4-5-12(34)11-37-2/h3,6-9,12,18,21H,4-5,10-11,30-31H2,1-2H3. The summed E-state index contributed by atoms with van der Waals surface area (Å²) >= 11 is 0. The Morgan fingerprint density at radius 1 is 1.13 bits per heavy atom. The minimum atomic E-state index is -5.36. The van der Waals surface area contributed by atoms with Gasteiger partial charge in [-0.1, -0.05) is 12.1 Å². The van der Waals surface area contributed by atoms with Crippen molar-refractivity contribution < 1.29 is 40.7 Å². The van der Waals surface area contributed by atoms with E-state index in [9.17, 15) is 31.1 Å². The summed E-state index contributed by atoms with van der Waals surface area (Å²) in [5.41, 5.74) is 10.9. The lowest BCUT2D eigenvalue weighted by Crippen LogP contribution is -2.60. The van der Waals surface area contributed by atoms with E-state index >= 15 is 0 Å². The van der Waals surface area contributed by atoms with Crippen molar-refractivity contribution in [3.05, 3.63) is 41.5 Å². The maximum atomic E-state index is 14.2. The largest absolute Gasteiger partial charge is 0.493 e. The second kappa shape index (κ2) is 10.2. The summed E-state index contributed by atoms with van der Waals surface area (Å²) < 4.78 is 86.9. The lowest BCUT2D eigenvalue weighted by atomic mass is 9.98. The fourth-order valence-electron chi connectivity index (χ4n) is 4.72. The number of pyridine rings is 1. The van der Waals surface area contributed by atoms with Crippen LogP contribution in [-0.2, 0) is 20.5 Å². The third kappa shape index (κ3) is 5.10. The van der Waals surface area contributed by atoms with Crippen molar-refractivity contribution in [2.45, 2.75) is 43.7 Å². The number of anilines is 2. The lowest BCUT2D eigenvalue weighted by molar-refractivity contribution is -0.204. The molecule has 0 aliphatic carbocycles. The van der Waals surface area contributed by atoms with E-state index < -0.39 is 42.2 Å². The molecule has 1 fully saturated rings. The number of hydrogen-bond donors (Lipinski definition) is 2. The molecular formula is C23H26F6N6O3. The van der Waals surface area contributed by atoms with Crippen molar-refractivity contribution in [2.75, 3.05) is 37.3 Å². The molecule has 0 saturated carbocycles. The number of halogens is 6. The zero-order valence-corrected chi connectivity index (χ0v) is 20.4. The first-order valence-electron chi connectivity index (χ1n) is 11.5. The van der Waals surface area contributed by atoms with Crippen molar-refractivity contribution >= 4 is 17.5 Å². The van der Waals surface area contributed by atoms with Gasteiger partial charge in [-0.15, -0.1) is 0 Å². The van der Waals surface area contributed by atoms with E-state index in [0.717, 1.165) is 12.5 Å². The van der Waals surface area contributed by atoms with Crippen molar-refractivity contribution in [1.82, 2.24) is 9.88 Å². The lowest BCUT2D eigenvalue weighted by Gasteiger charge is -2.42. The molecule has 208 valence electrons. The first kappa shape index (κ1) is 27.9.